The third-order valence-corrected chi connectivity index (χ3v) is 8.42. The van der Waals surface area contributed by atoms with Gasteiger partial charge in [0.1, 0.15) is 11.6 Å². The van der Waals surface area contributed by atoms with E-state index in [-0.39, 0.29) is 36.7 Å². The maximum Gasteiger partial charge on any atom is 0.233 e. The number of nitrogens with one attached hydrogen (secondary N) is 1. The van der Waals surface area contributed by atoms with Crippen molar-refractivity contribution in [3.05, 3.63) is 101 Å². The summed E-state index contributed by atoms with van der Waals surface area (Å²) in [6.45, 7) is 7.17. The second kappa shape index (κ2) is 22.2. The molecule has 3 unspecified atom stereocenters. The fourth-order valence-corrected chi connectivity index (χ4v) is 5.76. The van der Waals surface area contributed by atoms with Gasteiger partial charge in [-0.25, -0.2) is 8.78 Å². The highest BCUT2D eigenvalue weighted by molar-refractivity contribution is 6.03. The van der Waals surface area contributed by atoms with Gasteiger partial charge in [0.05, 0.1) is 77.5 Å². The van der Waals surface area contributed by atoms with Gasteiger partial charge >= 0.3 is 0 Å². The second-order valence-electron chi connectivity index (χ2n) is 12.2. The van der Waals surface area contributed by atoms with E-state index in [9.17, 15) is 23.5 Å². The van der Waals surface area contributed by atoms with Crippen LogP contribution in [0.2, 0.25) is 0 Å². The average molecular weight is 713 g/mol. The number of nitrogens with zero attached hydrogens (tertiary/aromatic N) is 1. The highest BCUT2D eigenvalue weighted by Gasteiger charge is 2.48. The van der Waals surface area contributed by atoms with Crippen molar-refractivity contribution in [2.45, 2.75) is 51.3 Å². The third-order valence-electron chi connectivity index (χ3n) is 8.42. The summed E-state index contributed by atoms with van der Waals surface area (Å²) in [5.74, 6) is -1.50. The van der Waals surface area contributed by atoms with Gasteiger partial charge in [0.25, 0.3) is 0 Å². The van der Waals surface area contributed by atoms with Crippen molar-refractivity contribution in [2.24, 2.45) is 5.92 Å². The largest absolute Gasteiger partial charge is 0.388 e. The van der Waals surface area contributed by atoms with Gasteiger partial charge in [-0.15, -0.1) is 0 Å². The highest BCUT2D eigenvalue weighted by Crippen LogP contribution is 2.46. The molecule has 4 rings (SSSR count). The van der Waals surface area contributed by atoms with Gasteiger partial charge in [-0.3, -0.25) is 9.59 Å². The van der Waals surface area contributed by atoms with Gasteiger partial charge in [0, 0.05) is 25.3 Å². The zero-order chi connectivity index (χ0) is 36.3. The van der Waals surface area contributed by atoms with Crippen LogP contribution in [0.4, 0.5) is 14.5 Å². The number of amides is 2. The first kappa shape index (κ1) is 40.0. The molecule has 0 spiro atoms. The number of β-lactam (4-membered cyclic amide) rings is 1. The molecule has 51 heavy (non-hydrogen) atoms. The zero-order valence-electron chi connectivity index (χ0n) is 29.3. The van der Waals surface area contributed by atoms with Crippen LogP contribution in [-0.2, 0) is 39.8 Å². The van der Waals surface area contributed by atoms with Crippen molar-refractivity contribution in [2.75, 3.05) is 71.0 Å². The Hall–Kier alpha value is -3.78. The smallest absolute Gasteiger partial charge is 0.233 e. The van der Waals surface area contributed by atoms with E-state index in [0.717, 1.165) is 24.2 Å². The Labute approximate surface area is 299 Å². The lowest BCUT2D eigenvalue weighted by atomic mass is 9.78. The van der Waals surface area contributed by atoms with Gasteiger partial charge in [0.15, 0.2) is 0 Å². The first-order valence-electron chi connectivity index (χ1n) is 17.6. The minimum Gasteiger partial charge on any atom is -0.388 e. The number of carbonyl (C=O) groups is 2. The lowest BCUT2D eigenvalue weighted by molar-refractivity contribution is -0.131. The number of hydrogen-bond acceptors (Lipinski definition) is 8. The monoisotopic (exact) mass is 712 g/mol. The molecule has 10 nitrogen and oxygen atoms in total. The molecule has 3 aromatic carbocycles. The van der Waals surface area contributed by atoms with Crippen LogP contribution in [-0.4, -0.2) is 83.0 Å². The van der Waals surface area contributed by atoms with E-state index >= 15 is 0 Å². The summed E-state index contributed by atoms with van der Waals surface area (Å²) in [6.07, 6.45) is 1.04. The van der Waals surface area contributed by atoms with Crippen LogP contribution in [0.25, 0.3) is 0 Å². The number of ether oxygens (including phenoxy) is 5. The van der Waals surface area contributed by atoms with Gasteiger partial charge in [0.2, 0.25) is 11.8 Å². The Morgan fingerprint density at radius 1 is 0.784 bits per heavy atom. The van der Waals surface area contributed by atoms with Crippen molar-refractivity contribution in [1.82, 2.24) is 5.32 Å². The molecule has 3 aromatic rings. The van der Waals surface area contributed by atoms with Crippen molar-refractivity contribution >= 4 is 17.5 Å². The first-order valence-corrected chi connectivity index (χ1v) is 17.6. The fraction of sp³-hybridized carbons (Fsp3) is 0.487. The molecule has 3 atom stereocenters. The molecular weight excluding hydrogens is 662 g/mol. The summed E-state index contributed by atoms with van der Waals surface area (Å²) >= 11 is 0. The summed E-state index contributed by atoms with van der Waals surface area (Å²) in [4.78, 5) is 27.6. The van der Waals surface area contributed by atoms with Gasteiger partial charge < -0.3 is 39.0 Å². The standard InChI is InChI=1S/C39H50F2N2O8/c1-2-17-47-19-21-49-23-25-51-26-24-50-22-20-48-18-16-37(45)42-28-29-4-3-5-31(27-29)38-35(14-15-36(44)30-6-8-32(40)9-7-30)39(46)43(38)34-12-10-33(41)11-13-34/h3-13,27,35-36,38,44H,2,14-26,28H2,1H3,(H,42,45). The third kappa shape index (κ3) is 13.4. The molecule has 1 fully saturated rings. The van der Waals surface area contributed by atoms with E-state index in [4.69, 9.17) is 23.7 Å². The zero-order valence-corrected chi connectivity index (χ0v) is 29.3. The van der Waals surface area contributed by atoms with Crippen molar-refractivity contribution in [3.63, 3.8) is 0 Å². The van der Waals surface area contributed by atoms with Crippen LogP contribution < -0.4 is 10.2 Å². The molecule has 0 aliphatic carbocycles. The molecule has 2 N–H and O–H groups in total. The molecule has 1 aliphatic heterocycles. The summed E-state index contributed by atoms with van der Waals surface area (Å²) < 4.78 is 54.3. The van der Waals surface area contributed by atoms with Crippen LogP contribution in [0.3, 0.4) is 0 Å². The number of rotatable bonds is 25. The predicted octanol–water partition coefficient (Wildman–Crippen LogP) is 5.68. The molecule has 0 saturated carbocycles. The normalized spacial score (nSPS) is 16.2. The Morgan fingerprint density at radius 3 is 1.92 bits per heavy atom. The number of hydrogen-bond donors (Lipinski definition) is 2. The molecule has 0 radical (unpaired) electrons. The lowest BCUT2D eigenvalue weighted by Gasteiger charge is -2.48. The van der Waals surface area contributed by atoms with Gasteiger partial charge in [-0.2, -0.15) is 0 Å². The Kier molecular flexibility index (Phi) is 17.4. The average Bonchev–Trinajstić information content (AvgIpc) is 3.13. The fourth-order valence-electron chi connectivity index (χ4n) is 5.76. The van der Waals surface area contributed by atoms with Crippen LogP contribution in [0, 0.1) is 17.6 Å². The topological polar surface area (TPSA) is 116 Å². The molecular formula is C39H50F2N2O8. The first-order chi connectivity index (χ1) is 24.9. The van der Waals surface area contributed by atoms with E-state index in [1.807, 2.05) is 24.3 Å². The van der Waals surface area contributed by atoms with E-state index in [1.165, 1.54) is 36.4 Å². The molecule has 278 valence electrons. The van der Waals surface area contributed by atoms with Crippen molar-refractivity contribution in [3.8, 4) is 0 Å². The molecule has 1 heterocycles. The van der Waals surface area contributed by atoms with Gasteiger partial charge in [-0.1, -0.05) is 43.3 Å². The minimum absolute atomic E-state index is 0.125. The SMILES string of the molecule is CCCOCCOCCOCCOCCOCCC(=O)NCc1cccc(C2C(CCC(O)c3ccc(F)cc3)C(=O)N2c2ccc(F)cc2)c1. The van der Waals surface area contributed by atoms with Crippen LogP contribution >= 0.6 is 0 Å². The van der Waals surface area contributed by atoms with E-state index in [1.54, 1.807) is 17.0 Å². The quantitative estimate of drug-likeness (QED) is 0.0852. The summed E-state index contributed by atoms with van der Waals surface area (Å²) in [5.41, 5.74) is 2.87. The van der Waals surface area contributed by atoms with Crippen LogP contribution in [0.5, 0.6) is 0 Å². The molecule has 0 bridgehead atoms. The molecule has 0 aromatic heterocycles. The van der Waals surface area contributed by atoms with Crippen LogP contribution in [0.15, 0.2) is 72.8 Å². The molecule has 1 aliphatic rings. The maximum absolute atomic E-state index is 13.7. The predicted molar refractivity (Wildman–Crippen MR) is 188 cm³/mol. The summed E-state index contributed by atoms with van der Waals surface area (Å²) in [6, 6.07) is 18.7. The Morgan fingerprint density at radius 2 is 1.33 bits per heavy atom. The molecule has 12 heteroatoms. The van der Waals surface area contributed by atoms with E-state index < -0.39 is 17.8 Å². The Bertz CT molecular complexity index is 1460. The number of anilines is 1. The van der Waals surface area contributed by atoms with Gasteiger partial charge in [-0.05, 0) is 72.4 Å². The minimum atomic E-state index is -0.853. The van der Waals surface area contributed by atoms with E-state index in [2.05, 4.69) is 12.2 Å². The maximum atomic E-state index is 13.7. The number of benzene rings is 3. The number of aliphatic hydroxyl groups excluding tert-OH is 1. The lowest BCUT2D eigenvalue weighted by Crippen LogP contribution is -2.55. The summed E-state index contributed by atoms with van der Waals surface area (Å²) in [5, 5.41) is 13.7. The second-order valence-corrected chi connectivity index (χ2v) is 12.2. The molecule has 1 saturated heterocycles. The number of carbonyl (C=O) groups excluding carboxylic acids is 2. The van der Waals surface area contributed by atoms with Crippen molar-refractivity contribution in [1.29, 1.82) is 0 Å². The number of aliphatic hydroxyl groups is 1. The van der Waals surface area contributed by atoms with E-state index in [0.29, 0.717) is 83.5 Å². The Balaban J connectivity index is 1.17. The highest BCUT2D eigenvalue weighted by atomic mass is 19.1. The summed E-state index contributed by atoms with van der Waals surface area (Å²) in [7, 11) is 0. The van der Waals surface area contributed by atoms with Crippen molar-refractivity contribution < 1.29 is 47.2 Å². The molecule has 2 amide bonds. The number of halogens is 2. The van der Waals surface area contributed by atoms with Crippen LogP contribution in [0.1, 0.15) is 61.4 Å².